The summed E-state index contributed by atoms with van der Waals surface area (Å²) in [5.74, 6) is 1.30. The number of hydrogen-bond donors (Lipinski definition) is 0. The van der Waals surface area contributed by atoms with Crippen molar-refractivity contribution in [3.05, 3.63) is 24.4 Å². The number of nitrogens with zero attached hydrogens (tertiary/aromatic N) is 2. The lowest BCUT2D eigenvalue weighted by atomic mass is 9.79. The lowest BCUT2D eigenvalue weighted by Gasteiger charge is -2.53. The molecule has 1 aromatic rings. The summed E-state index contributed by atoms with van der Waals surface area (Å²) in [4.78, 5) is 17.8. The Balaban J connectivity index is 1.42. The molecule has 3 rings (SSSR count). The molecule has 23 heavy (non-hydrogen) atoms. The minimum Gasteiger partial charge on any atom is -0.478 e. The minimum atomic E-state index is -0.142. The van der Waals surface area contributed by atoms with E-state index in [2.05, 4.69) is 4.98 Å². The number of carbonyl (C=O) groups excluding carboxylic acids is 1. The molecule has 3 heterocycles. The van der Waals surface area contributed by atoms with Gasteiger partial charge in [0.25, 0.3) is 0 Å². The second kappa shape index (κ2) is 7.27. The molecule has 2 saturated heterocycles. The van der Waals surface area contributed by atoms with Crippen molar-refractivity contribution in [2.75, 3.05) is 40.0 Å². The van der Waals surface area contributed by atoms with Crippen molar-refractivity contribution in [2.45, 2.75) is 24.9 Å². The normalized spacial score (nSPS) is 22.7. The topological polar surface area (TPSA) is 60.9 Å². The van der Waals surface area contributed by atoms with Crippen molar-refractivity contribution in [3.8, 4) is 5.88 Å². The highest BCUT2D eigenvalue weighted by molar-refractivity contribution is 5.78. The summed E-state index contributed by atoms with van der Waals surface area (Å²) in [6, 6.07) is 5.67. The van der Waals surface area contributed by atoms with Crippen molar-refractivity contribution in [2.24, 2.45) is 5.92 Å². The quantitative estimate of drug-likeness (QED) is 0.795. The van der Waals surface area contributed by atoms with Crippen LogP contribution in [-0.2, 0) is 14.3 Å². The first-order valence-corrected chi connectivity index (χ1v) is 8.15. The predicted molar refractivity (Wildman–Crippen MR) is 84.2 cm³/mol. The molecule has 2 fully saturated rings. The van der Waals surface area contributed by atoms with Gasteiger partial charge in [0.15, 0.2) is 0 Å². The Morgan fingerprint density at radius 2 is 2.35 bits per heavy atom. The van der Waals surface area contributed by atoms with Crippen LogP contribution in [0.5, 0.6) is 5.88 Å². The lowest BCUT2D eigenvalue weighted by Crippen LogP contribution is -2.67. The number of carbonyl (C=O) groups is 1. The first-order chi connectivity index (χ1) is 11.2. The number of likely N-dealkylation sites (tertiary alicyclic amines) is 1. The molecule has 0 saturated carbocycles. The van der Waals surface area contributed by atoms with Crippen LogP contribution in [0.15, 0.2) is 24.4 Å². The Morgan fingerprint density at radius 3 is 3.09 bits per heavy atom. The van der Waals surface area contributed by atoms with E-state index in [0.29, 0.717) is 31.5 Å². The lowest BCUT2D eigenvalue weighted by molar-refractivity contribution is -0.190. The molecule has 126 valence electrons. The third-order valence-electron chi connectivity index (χ3n) is 4.59. The highest BCUT2D eigenvalue weighted by atomic mass is 16.5. The molecule has 1 amide bonds. The van der Waals surface area contributed by atoms with Gasteiger partial charge in [0.05, 0.1) is 19.7 Å². The fourth-order valence-corrected chi connectivity index (χ4v) is 3.40. The SMILES string of the molecule is COCC(=O)N1CC2(C[C@@H](CCOc3ccccn3)CCO2)C1. The van der Waals surface area contributed by atoms with E-state index in [-0.39, 0.29) is 18.1 Å². The number of ether oxygens (including phenoxy) is 3. The molecule has 0 aliphatic carbocycles. The van der Waals surface area contributed by atoms with E-state index in [1.807, 2.05) is 23.1 Å². The maximum Gasteiger partial charge on any atom is 0.248 e. The van der Waals surface area contributed by atoms with Gasteiger partial charge in [-0.1, -0.05) is 6.07 Å². The summed E-state index contributed by atoms with van der Waals surface area (Å²) in [5.41, 5.74) is -0.142. The molecule has 6 nitrogen and oxygen atoms in total. The standard InChI is InChI=1S/C17H24N2O4/c1-21-11-16(20)19-12-17(13-19)10-14(6-9-23-17)5-8-22-15-4-2-3-7-18-15/h2-4,7,14H,5-6,8-13H2,1H3/t14-/m0/s1. The summed E-state index contributed by atoms with van der Waals surface area (Å²) in [5, 5.41) is 0. The Bertz CT molecular complexity index is 517. The average molecular weight is 320 g/mol. The van der Waals surface area contributed by atoms with Crippen LogP contribution >= 0.6 is 0 Å². The van der Waals surface area contributed by atoms with E-state index in [1.54, 1.807) is 13.3 Å². The first-order valence-electron chi connectivity index (χ1n) is 8.15. The van der Waals surface area contributed by atoms with Gasteiger partial charge in [-0.3, -0.25) is 4.79 Å². The molecular formula is C17H24N2O4. The van der Waals surface area contributed by atoms with Crippen LogP contribution in [0.1, 0.15) is 19.3 Å². The second-order valence-electron chi connectivity index (χ2n) is 6.38. The summed E-state index contributed by atoms with van der Waals surface area (Å²) in [6.45, 7) is 2.96. The van der Waals surface area contributed by atoms with E-state index in [9.17, 15) is 4.79 Å². The number of rotatable bonds is 6. The Hall–Kier alpha value is -1.66. The number of hydrogen-bond acceptors (Lipinski definition) is 5. The fourth-order valence-electron chi connectivity index (χ4n) is 3.40. The molecule has 2 aliphatic heterocycles. The van der Waals surface area contributed by atoms with Gasteiger partial charge in [0.2, 0.25) is 11.8 Å². The smallest absolute Gasteiger partial charge is 0.248 e. The van der Waals surface area contributed by atoms with Crippen LogP contribution in [0.2, 0.25) is 0 Å². The fraction of sp³-hybridized carbons (Fsp3) is 0.647. The molecule has 1 atom stereocenters. The maximum atomic E-state index is 11.8. The number of pyridine rings is 1. The molecule has 0 aromatic carbocycles. The Labute approximate surface area is 136 Å². The van der Waals surface area contributed by atoms with Crippen LogP contribution in [-0.4, -0.2) is 61.4 Å². The van der Waals surface area contributed by atoms with Crippen LogP contribution in [0.4, 0.5) is 0 Å². The van der Waals surface area contributed by atoms with Crippen molar-refractivity contribution in [3.63, 3.8) is 0 Å². The average Bonchev–Trinajstić information content (AvgIpc) is 2.54. The van der Waals surface area contributed by atoms with Crippen molar-refractivity contribution < 1.29 is 19.0 Å². The largest absolute Gasteiger partial charge is 0.478 e. The molecule has 6 heteroatoms. The van der Waals surface area contributed by atoms with Gasteiger partial charge < -0.3 is 19.1 Å². The van der Waals surface area contributed by atoms with Crippen LogP contribution in [0.25, 0.3) is 0 Å². The highest BCUT2D eigenvalue weighted by Gasteiger charge is 2.48. The van der Waals surface area contributed by atoms with Gasteiger partial charge in [-0.2, -0.15) is 0 Å². The third kappa shape index (κ3) is 4.00. The van der Waals surface area contributed by atoms with Crippen molar-refractivity contribution >= 4 is 5.91 Å². The summed E-state index contributed by atoms with van der Waals surface area (Å²) in [6.07, 6.45) is 4.78. The molecule has 0 bridgehead atoms. The molecule has 0 N–H and O–H groups in total. The van der Waals surface area contributed by atoms with E-state index in [0.717, 1.165) is 25.9 Å². The van der Waals surface area contributed by atoms with E-state index in [1.165, 1.54) is 0 Å². The van der Waals surface area contributed by atoms with Crippen molar-refractivity contribution in [1.29, 1.82) is 0 Å². The monoisotopic (exact) mass is 320 g/mol. The zero-order chi connectivity index (χ0) is 16.1. The Morgan fingerprint density at radius 1 is 1.48 bits per heavy atom. The molecule has 0 radical (unpaired) electrons. The molecule has 2 aliphatic rings. The summed E-state index contributed by atoms with van der Waals surface area (Å²) >= 11 is 0. The maximum absolute atomic E-state index is 11.8. The molecule has 1 spiro atoms. The number of methoxy groups -OCH3 is 1. The van der Waals surface area contributed by atoms with Crippen LogP contribution in [0.3, 0.4) is 0 Å². The zero-order valence-corrected chi connectivity index (χ0v) is 13.6. The van der Waals surface area contributed by atoms with Crippen molar-refractivity contribution in [1.82, 2.24) is 9.88 Å². The van der Waals surface area contributed by atoms with Gasteiger partial charge >= 0.3 is 0 Å². The van der Waals surface area contributed by atoms with Gasteiger partial charge in [-0.25, -0.2) is 4.98 Å². The van der Waals surface area contributed by atoms with Crippen LogP contribution in [0, 0.1) is 5.92 Å². The van der Waals surface area contributed by atoms with E-state index < -0.39 is 0 Å². The number of amides is 1. The van der Waals surface area contributed by atoms with E-state index in [4.69, 9.17) is 14.2 Å². The van der Waals surface area contributed by atoms with Crippen LogP contribution < -0.4 is 4.74 Å². The molecule has 0 unspecified atom stereocenters. The Kier molecular flexibility index (Phi) is 5.13. The predicted octanol–water partition coefficient (Wildman–Crippen LogP) is 1.50. The van der Waals surface area contributed by atoms with Gasteiger partial charge in [-0.15, -0.1) is 0 Å². The molecular weight excluding hydrogens is 296 g/mol. The third-order valence-corrected chi connectivity index (χ3v) is 4.59. The second-order valence-corrected chi connectivity index (χ2v) is 6.38. The number of aromatic nitrogens is 1. The van der Waals surface area contributed by atoms with Gasteiger partial charge in [0.1, 0.15) is 12.2 Å². The highest BCUT2D eigenvalue weighted by Crippen LogP contribution is 2.38. The summed E-state index contributed by atoms with van der Waals surface area (Å²) < 4.78 is 16.6. The first kappa shape index (κ1) is 16.2. The van der Waals surface area contributed by atoms with Gasteiger partial charge in [-0.05, 0) is 31.2 Å². The van der Waals surface area contributed by atoms with E-state index >= 15 is 0 Å². The summed E-state index contributed by atoms with van der Waals surface area (Å²) in [7, 11) is 1.54. The minimum absolute atomic E-state index is 0.0438. The van der Waals surface area contributed by atoms with Gasteiger partial charge in [0, 0.05) is 26.0 Å². The molecule has 1 aromatic heterocycles. The zero-order valence-electron chi connectivity index (χ0n) is 13.6.